The van der Waals surface area contributed by atoms with Crippen LogP contribution in [0.25, 0.3) is 0 Å². The minimum absolute atomic E-state index is 0.793. The first-order chi connectivity index (χ1) is 8.35. The van der Waals surface area contributed by atoms with Crippen molar-refractivity contribution < 1.29 is 4.79 Å². The molecule has 0 unspecified atom stereocenters. The van der Waals surface area contributed by atoms with E-state index in [0.717, 1.165) is 19.5 Å². The van der Waals surface area contributed by atoms with Crippen LogP contribution in [-0.4, -0.2) is 24.4 Å². The first kappa shape index (κ1) is 16.5. The number of hydrogen-bond acceptors (Lipinski definition) is 1. The molecule has 0 aromatic heterocycles. The summed E-state index contributed by atoms with van der Waals surface area (Å²) in [5, 5.41) is 0. The molecule has 0 aliphatic carbocycles. The van der Waals surface area contributed by atoms with Gasteiger partial charge in [0.15, 0.2) is 0 Å². The Labute approximate surface area is 108 Å². The van der Waals surface area contributed by atoms with Gasteiger partial charge in [0.1, 0.15) is 0 Å². The van der Waals surface area contributed by atoms with Gasteiger partial charge in [-0.25, -0.2) is 0 Å². The van der Waals surface area contributed by atoms with E-state index in [0.29, 0.717) is 0 Å². The van der Waals surface area contributed by atoms with Crippen molar-refractivity contribution in [3.63, 3.8) is 0 Å². The van der Waals surface area contributed by atoms with Gasteiger partial charge in [0.05, 0.1) is 0 Å². The third-order valence-corrected chi connectivity index (χ3v) is 3.29. The third kappa shape index (κ3) is 11.7. The van der Waals surface area contributed by atoms with Crippen molar-refractivity contribution in [1.82, 2.24) is 4.90 Å². The molecular formula is C15H30NO. The lowest BCUT2D eigenvalue weighted by molar-refractivity contribution is 0.381. The van der Waals surface area contributed by atoms with E-state index in [1.54, 1.807) is 4.90 Å². The van der Waals surface area contributed by atoms with Crippen molar-refractivity contribution in [2.24, 2.45) is 0 Å². The second-order valence-electron chi connectivity index (χ2n) is 4.85. The number of nitrogens with zero attached hydrogens (tertiary/aromatic N) is 1. The Bertz CT molecular complexity index is 159. The summed E-state index contributed by atoms with van der Waals surface area (Å²) in [6.45, 7) is 5.94. The van der Waals surface area contributed by atoms with Crippen molar-refractivity contribution >= 4 is 6.41 Å². The number of unbranched alkanes of at least 4 members (excludes halogenated alkanes) is 9. The molecule has 1 amide bonds. The van der Waals surface area contributed by atoms with Gasteiger partial charge in [-0.1, -0.05) is 64.7 Å². The molecule has 0 bridgehead atoms. The van der Waals surface area contributed by atoms with Crippen LogP contribution in [-0.2, 0) is 4.79 Å². The summed E-state index contributed by atoms with van der Waals surface area (Å²) in [4.78, 5) is 12.2. The molecule has 2 nitrogen and oxygen atoms in total. The van der Waals surface area contributed by atoms with E-state index in [1.165, 1.54) is 57.8 Å². The number of amides is 1. The smallest absolute Gasteiger partial charge is 0.312 e. The maximum Gasteiger partial charge on any atom is 0.312 e. The van der Waals surface area contributed by atoms with Gasteiger partial charge in [-0.2, -0.15) is 0 Å². The summed E-state index contributed by atoms with van der Waals surface area (Å²) < 4.78 is 0. The van der Waals surface area contributed by atoms with Gasteiger partial charge in [-0.15, -0.1) is 0 Å². The van der Waals surface area contributed by atoms with Gasteiger partial charge < -0.3 is 4.90 Å². The fraction of sp³-hybridized carbons (Fsp3) is 0.933. The van der Waals surface area contributed by atoms with E-state index in [1.807, 2.05) is 13.3 Å². The summed E-state index contributed by atoms with van der Waals surface area (Å²) in [5.41, 5.74) is 0. The lowest BCUT2D eigenvalue weighted by atomic mass is 10.1. The maximum absolute atomic E-state index is 10.4. The molecule has 0 fully saturated rings. The van der Waals surface area contributed by atoms with E-state index in [2.05, 4.69) is 6.92 Å². The van der Waals surface area contributed by atoms with Gasteiger partial charge in [-0.3, -0.25) is 4.79 Å². The molecule has 101 valence electrons. The Hall–Kier alpha value is -0.530. The van der Waals surface area contributed by atoms with Crippen LogP contribution in [0.5, 0.6) is 0 Å². The highest BCUT2D eigenvalue weighted by Gasteiger charge is 1.98. The van der Waals surface area contributed by atoms with Crippen molar-refractivity contribution in [2.75, 3.05) is 13.1 Å². The molecule has 0 aliphatic rings. The Morgan fingerprint density at radius 1 is 0.765 bits per heavy atom. The van der Waals surface area contributed by atoms with E-state index in [4.69, 9.17) is 0 Å². The monoisotopic (exact) mass is 240 g/mol. The fourth-order valence-electron chi connectivity index (χ4n) is 2.06. The molecule has 0 spiro atoms. The third-order valence-electron chi connectivity index (χ3n) is 3.29. The SMILES string of the molecule is CCCCCCCCCCCCN([C]=O)CC. The van der Waals surface area contributed by atoms with Gasteiger partial charge in [0, 0.05) is 13.1 Å². The van der Waals surface area contributed by atoms with Crippen molar-refractivity contribution in [2.45, 2.75) is 78.1 Å². The average molecular weight is 240 g/mol. The van der Waals surface area contributed by atoms with Crippen LogP contribution in [0.3, 0.4) is 0 Å². The molecule has 0 aliphatic heterocycles. The van der Waals surface area contributed by atoms with Crippen molar-refractivity contribution in [3.8, 4) is 0 Å². The molecule has 0 N–H and O–H groups in total. The Morgan fingerprint density at radius 3 is 1.65 bits per heavy atom. The topological polar surface area (TPSA) is 20.3 Å². The molecule has 0 saturated heterocycles. The Balaban J connectivity index is 3.05. The minimum atomic E-state index is 0.793. The molecule has 1 radical (unpaired) electrons. The predicted molar refractivity (Wildman–Crippen MR) is 74.8 cm³/mol. The molecule has 17 heavy (non-hydrogen) atoms. The summed E-state index contributed by atoms with van der Waals surface area (Å²) >= 11 is 0. The zero-order valence-electron chi connectivity index (χ0n) is 11.8. The van der Waals surface area contributed by atoms with Gasteiger partial charge in [0.2, 0.25) is 0 Å². The summed E-state index contributed by atoms with van der Waals surface area (Å²) in [6.07, 6.45) is 15.4. The summed E-state index contributed by atoms with van der Waals surface area (Å²) in [5.74, 6) is 0. The lowest BCUT2D eigenvalue weighted by Crippen LogP contribution is -2.22. The highest BCUT2D eigenvalue weighted by molar-refractivity contribution is 5.47. The zero-order chi connectivity index (χ0) is 12.8. The molecular weight excluding hydrogens is 210 g/mol. The number of carbonyl (C=O) groups excluding carboxylic acids is 1. The highest BCUT2D eigenvalue weighted by atomic mass is 16.1. The largest absolute Gasteiger partial charge is 0.335 e. The molecule has 0 rings (SSSR count). The zero-order valence-corrected chi connectivity index (χ0v) is 11.8. The molecule has 0 aromatic carbocycles. The van der Waals surface area contributed by atoms with E-state index >= 15 is 0 Å². The van der Waals surface area contributed by atoms with Gasteiger partial charge >= 0.3 is 6.41 Å². The molecule has 0 atom stereocenters. The molecule has 0 heterocycles. The van der Waals surface area contributed by atoms with Crippen LogP contribution < -0.4 is 0 Å². The summed E-state index contributed by atoms with van der Waals surface area (Å²) in [6, 6.07) is 0. The molecule has 0 aromatic rings. The Morgan fingerprint density at radius 2 is 1.24 bits per heavy atom. The lowest BCUT2D eigenvalue weighted by Gasteiger charge is -2.12. The van der Waals surface area contributed by atoms with Crippen LogP contribution >= 0.6 is 0 Å². The first-order valence-corrected chi connectivity index (χ1v) is 7.47. The van der Waals surface area contributed by atoms with E-state index in [9.17, 15) is 4.79 Å². The summed E-state index contributed by atoms with van der Waals surface area (Å²) in [7, 11) is 0. The number of hydrogen-bond donors (Lipinski definition) is 0. The molecule has 2 heteroatoms. The average Bonchev–Trinajstić information content (AvgIpc) is 2.36. The van der Waals surface area contributed by atoms with E-state index < -0.39 is 0 Å². The van der Waals surface area contributed by atoms with Crippen LogP contribution in [0.15, 0.2) is 0 Å². The van der Waals surface area contributed by atoms with Gasteiger partial charge in [-0.05, 0) is 13.3 Å². The second kappa shape index (κ2) is 13.5. The number of rotatable bonds is 13. The van der Waals surface area contributed by atoms with Crippen LogP contribution in [0, 0.1) is 0 Å². The predicted octanol–water partition coefficient (Wildman–Crippen LogP) is 4.30. The molecule has 0 saturated carbocycles. The quantitative estimate of drug-likeness (QED) is 0.347. The van der Waals surface area contributed by atoms with E-state index in [-0.39, 0.29) is 0 Å². The van der Waals surface area contributed by atoms with Gasteiger partial charge in [0.25, 0.3) is 0 Å². The van der Waals surface area contributed by atoms with Crippen LogP contribution in [0.1, 0.15) is 78.1 Å². The fourth-order valence-corrected chi connectivity index (χ4v) is 2.06. The Kier molecular flexibility index (Phi) is 13.1. The van der Waals surface area contributed by atoms with Crippen molar-refractivity contribution in [1.29, 1.82) is 0 Å². The highest BCUT2D eigenvalue weighted by Crippen LogP contribution is 2.10. The minimum Gasteiger partial charge on any atom is -0.335 e. The maximum atomic E-state index is 10.4. The van der Waals surface area contributed by atoms with Crippen LogP contribution in [0.2, 0.25) is 0 Å². The second-order valence-corrected chi connectivity index (χ2v) is 4.85. The van der Waals surface area contributed by atoms with Crippen LogP contribution in [0.4, 0.5) is 0 Å². The first-order valence-electron chi connectivity index (χ1n) is 7.47. The normalized spacial score (nSPS) is 10.5. The standard InChI is InChI=1S/C15H30NO/c1-3-5-6-7-8-9-10-11-12-13-14-16(4-2)15-17/h3-14H2,1-2H3. The van der Waals surface area contributed by atoms with Crippen molar-refractivity contribution in [3.05, 3.63) is 0 Å².